The van der Waals surface area contributed by atoms with E-state index in [1.54, 1.807) is 39.0 Å². The first-order chi connectivity index (χ1) is 13.6. The predicted octanol–water partition coefficient (Wildman–Crippen LogP) is 2.44. The van der Waals surface area contributed by atoms with Crippen molar-refractivity contribution in [2.24, 2.45) is 11.1 Å². The SMILES string of the molecule is CC(C)(C)[C@H](NC(=O)c1nn(Cc2ccc(N)cc2)c2c(F)cccc12)C(N)=O. The molecule has 2 amide bonds. The van der Waals surface area contributed by atoms with Crippen LogP contribution >= 0.6 is 0 Å². The molecule has 0 aliphatic heterocycles. The quantitative estimate of drug-likeness (QED) is 0.573. The highest BCUT2D eigenvalue weighted by molar-refractivity contribution is 6.06. The number of anilines is 1. The summed E-state index contributed by atoms with van der Waals surface area (Å²) in [5.74, 6) is -1.73. The topological polar surface area (TPSA) is 116 Å². The molecule has 1 heterocycles. The molecule has 5 N–H and O–H groups in total. The van der Waals surface area contributed by atoms with E-state index in [1.807, 2.05) is 12.1 Å². The summed E-state index contributed by atoms with van der Waals surface area (Å²) < 4.78 is 16.0. The predicted molar refractivity (Wildman–Crippen MR) is 110 cm³/mol. The van der Waals surface area contributed by atoms with Crippen molar-refractivity contribution in [2.45, 2.75) is 33.4 Å². The maximum atomic E-state index is 14.6. The van der Waals surface area contributed by atoms with E-state index in [0.717, 1.165) is 5.56 Å². The number of rotatable bonds is 5. The number of amides is 2. The highest BCUT2D eigenvalue weighted by atomic mass is 19.1. The van der Waals surface area contributed by atoms with Gasteiger partial charge in [-0.15, -0.1) is 0 Å². The molecule has 0 saturated carbocycles. The molecule has 0 saturated heterocycles. The van der Waals surface area contributed by atoms with Crippen LogP contribution in [-0.2, 0) is 11.3 Å². The van der Waals surface area contributed by atoms with E-state index in [9.17, 15) is 14.0 Å². The molecule has 8 heteroatoms. The first kappa shape index (κ1) is 20.3. The lowest BCUT2D eigenvalue weighted by Gasteiger charge is -2.28. The summed E-state index contributed by atoms with van der Waals surface area (Å²) >= 11 is 0. The Balaban J connectivity index is 2.02. The largest absolute Gasteiger partial charge is 0.399 e. The van der Waals surface area contributed by atoms with Crippen LogP contribution in [0.5, 0.6) is 0 Å². The standard InChI is InChI=1S/C21H24FN5O2/c1-21(2,3)18(19(24)28)25-20(29)16-14-5-4-6-15(22)17(14)27(26-16)11-12-7-9-13(23)10-8-12/h4-10,18H,11,23H2,1-3H3,(H2,24,28)(H,25,29)/t18-/m1/s1. The summed E-state index contributed by atoms with van der Waals surface area (Å²) in [4.78, 5) is 24.7. The first-order valence-electron chi connectivity index (χ1n) is 9.17. The van der Waals surface area contributed by atoms with Gasteiger partial charge in [-0.05, 0) is 29.2 Å². The molecule has 0 aliphatic rings. The molecule has 0 spiro atoms. The average Bonchev–Trinajstić information content (AvgIpc) is 3.00. The van der Waals surface area contributed by atoms with Crippen LogP contribution in [0.3, 0.4) is 0 Å². The van der Waals surface area contributed by atoms with Gasteiger partial charge in [0.15, 0.2) is 5.69 Å². The third kappa shape index (κ3) is 4.21. The van der Waals surface area contributed by atoms with Crippen molar-refractivity contribution in [3.63, 3.8) is 0 Å². The van der Waals surface area contributed by atoms with E-state index < -0.39 is 29.1 Å². The fourth-order valence-corrected chi connectivity index (χ4v) is 3.19. The summed E-state index contributed by atoms with van der Waals surface area (Å²) in [5.41, 5.74) is 12.3. The van der Waals surface area contributed by atoms with Crippen LogP contribution in [0.25, 0.3) is 10.9 Å². The van der Waals surface area contributed by atoms with Crippen molar-refractivity contribution in [1.29, 1.82) is 0 Å². The van der Waals surface area contributed by atoms with E-state index in [1.165, 1.54) is 16.8 Å². The van der Waals surface area contributed by atoms with Gasteiger partial charge in [-0.1, -0.05) is 45.0 Å². The van der Waals surface area contributed by atoms with Crippen LogP contribution in [-0.4, -0.2) is 27.6 Å². The number of halogens is 1. The smallest absolute Gasteiger partial charge is 0.273 e. The van der Waals surface area contributed by atoms with Gasteiger partial charge in [0.2, 0.25) is 5.91 Å². The second-order valence-corrected chi connectivity index (χ2v) is 8.06. The zero-order valence-corrected chi connectivity index (χ0v) is 16.6. The maximum Gasteiger partial charge on any atom is 0.273 e. The zero-order valence-electron chi connectivity index (χ0n) is 16.6. The normalized spacial score (nSPS) is 12.7. The molecule has 3 aromatic rings. The Hall–Kier alpha value is -3.42. The Morgan fingerprint density at radius 2 is 1.83 bits per heavy atom. The Morgan fingerprint density at radius 3 is 2.41 bits per heavy atom. The minimum atomic E-state index is -0.902. The fourth-order valence-electron chi connectivity index (χ4n) is 3.19. The van der Waals surface area contributed by atoms with E-state index in [4.69, 9.17) is 11.5 Å². The van der Waals surface area contributed by atoms with Crippen LogP contribution in [0.2, 0.25) is 0 Å². The molecule has 152 valence electrons. The molecule has 0 radical (unpaired) electrons. The van der Waals surface area contributed by atoms with E-state index in [-0.39, 0.29) is 17.8 Å². The van der Waals surface area contributed by atoms with E-state index >= 15 is 0 Å². The van der Waals surface area contributed by atoms with Crippen LogP contribution in [0, 0.1) is 11.2 Å². The Kier molecular flexibility index (Phi) is 5.28. The lowest BCUT2D eigenvalue weighted by Crippen LogP contribution is -2.52. The lowest BCUT2D eigenvalue weighted by molar-refractivity contribution is -0.122. The molecule has 0 fully saturated rings. The van der Waals surface area contributed by atoms with E-state index in [2.05, 4.69) is 10.4 Å². The first-order valence-corrected chi connectivity index (χ1v) is 9.17. The molecule has 7 nitrogen and oxygen atoms in total. The third-order valence-corrected chi connectivity index (χ3v) is 4.67. The van der Waals surface area contributed by atoms with Gasteiger partial charge in [0.25, 0.3) is 5.91 Å². The number of hydrogen-bond donors (Lipinski definition) is 3. The van der Waals surface area contributed by atoms with Crippen LogP contribution in [0.4, 0.5) is 10.1 Å². The molecule has 3 rings (SSSR count). The fraction of sp³-hybridized carbons (Fsp3) is 0.286. The molecule has 0 bridgehead atoms. The summed E-state index contributed by atoms with van der Waals surface area (Å²) in [6, 6.07) is 10.7. The van der Waals surface area contributed by atoms with Gasteiger partial charge >= 0.3 is 0 Å². The molecule has 2 aromatic carbocycles. The third-order valence-electron chi connectivity index (χ3n) is 4.67. The van der Waals surface area contributed by atoms with Crippen LogP contribution in [0.15, 0.2) is 42.5 Å². The van der Waals surface area contributed by atoms with E-state index in [0.29, 0.717) is 11.1 Å². The molecule has 29 heavy (non-hydrogen) atoms. The number of fused-ring (bicyclic) bond motifs is 1. The number of nitrogens with two attached hydrogens (primary N) is 2. The Bertz CT molecular complexity index is 1070. The van der Waals surface area contributed by atoms with Gasteiger partial charge in [0.1, 0.15) is 17.4 Å². The molecule has 0 aliphatic carbocycles. The number of nitrogen functional groups attached to an aromatic ring is 1. The molecule has 1 atom stereocenters. The Labute approximate surface area is 167 Å². The monoisotopic (exact) mass is 397 g/mol. The van der Waals surface area contributed by atoms with Gasteiger partial charge in [-0.3, -0.25) is 14.3 Å². The highest BCUT2D eigenvalue weighted by Gasteiger charge is 2.32. The number of nitrogens with one attached hydrogen (secondary N) is 1. The number of benzene rings is 2. The number of aromatic nitrogens is 2. The summed E-state index contributed by atoms with van der Waals surface area (Å²) in [5, 5.41) is 7.34. The average molecular weight is 397 g/mol. The van der Waals surface area contributed by atoms with Crippen molar-refractivity contribution >= 4 is 28.4 Å². The van der Waals surface area contributed by atoms with Crippen molar-refractivity contribution in [1.82, 2.24) is 15.1 Å². The Morgan fingerprint density at radius 1 is 1.17 bits per heavy atom. The van der Waals surface area contributed by atoms with Crippen molar-refractivity contribution < 1.29 is 14.0 Å². The number of primary amides is 1. The molecular formula is C21H24FN5O2. The van der Waals surface area contributed by atoms with Gasteiger partial charge in [0, 0.05) is 11.1 Å². The second-order valence-electron chi connectivity index (χ2n) is 8.06. The van der Waals surface area contributed by atoms with Crippen molar-refractivity contribution in [2.75, 3.05) is 5.73 Å². The van der Waals surface area contributed by atoms with Crippen LogP contribution in [0.1, 0.15) is 36.8 Å². The van der Waals surface area contributed by atoms with Crippen molar-refractivity contribution in [3.8, 4) is 0 Å². The number of nitrogens with zero attached hydrogens (tertiary/aromatic N) is 2. The minimum absolute atomic E-state index is 0.0328. The van der Waals surface area contributed by atoms with Gasteiger partial charge in [0.05, 0.1) is 6.54 Å². The van der Waals surface area contributed by atoms with Crippen LogP contribution < -0.4 is 16.8 Å². The van der Waals surface area contributed by atoms with Gasteiger partial charge < -0.3 is 16.8 Å². The van der Waals surface area contributed by atoms with Gasteiger partial charge in [-0.2, -0.15) is 5.10 Å². The second kappa shape index (κ2) is 7.54. The number of hydrogen-bond acceptors (Lipinski definition) is 4. The maximum absolute atomic E-state index is 14.6. The number of carbonyl (C=O) groups is 2. The summed E-state index contributed by atoms with van der Waals surface area (Å²) in [6.45, 7) is 5.63. The summed E-state index contributed by atoms with van der Waals surface area (Å²) in [6.07, 6.45) is 0. The molecule has 1 aromatic heterocycles. The molecule has 0 unspecified atom stereocenters. The number of carbonyl (C=O) groups excluding carboxylic acids is 2. The van der Waals surface area contributed by atoms with Gasteiger partial charge in [-0.25, -0.2) is 4.39 Å². The highest BCUT2D eigenvalue weighted by Crippen LogP contribution is 2.24. The number of para-hydroxylation sites is 1. The minimum Gasteiger partial charge on any atom is -0.399 e. The molecular weight excluding hydrogens is 373 g/mol. The zero-order chi connectivity index (χ0) is 21.3. The lowest BCUT2D eigenvalue weighted by atomic mass is 9.86. The van der Waals surface area contributed by atoms with Crippen molar-refractivity contribution in [3.05, 3.63) is 59.5 Å². The summed E-state index contributed by atoms with van der Waals surface area (Å²) in [7, 11) is 0.